The smallest absolute Gasteiger partial charge is 0.159 e. The highest BCUT2D eigenvalue weighted by molar-refractivity contribution is 5.85. The molecule has 0 aromatic heterocycles. The average Bonchev–Trinajstić information content (AvgIpc) is 2.35. The molecule has 0 fully saturated rings. The molecule has 1 rings (SSSR count). The Morgan fingerprint density at radius 3 is 2.41 bits per heavy atom. The van der Waals surface area contributed by atoms with Crippen LogP contribution >= 0.6 is 0 Å². The van der Waals surface area contributed by atoms with E-state index < -0.39 is 0 Å². The van der Waals surface area contributed by atoms with Crippen molar-refractivity contribution in [1.82, 2.24) is 10.2 Å². The molecule has 0 amide bonds. The zero-order valence-electron chi connectivity index (χ0n) is 10.7. The molecule has 0 radical (unpaired) electrons. The Kier molecular flexibility index (Phi) is 4.76. The lowest BCUT2D eigenvalue weighted by molar-refractivity contribution is -0.120. The highest BCUT2D eigenvalue weighted by Crippen LogP contribution is 2.16. The SMILES string of the molecule is C=C(N[C@@H](C(=O)CC)c1ccccc1)N(C)C. The number of ketones is 1. The number of nitrogens with one attached hydrogen (secondary N) is 1. The van der Waals surface area contributed by atoms with E-state index in [1.165, 1.54) is 0 Å². The summed E-state index contributed by atoms with van der Waals surface area (Å²) in [7, 11) is 3.79. The molecule has 0 heterocycles. The molecule has 3 nitrogen and oxygen atoms in total. The predicted octanol–water partition coefficient (Wildman–Crippen LogP) is 2.33. The number of hydrogen-bond donors (Lipinski definition) is 1. The number of hydrogen-bond acceptors (Lipinski definition) is 3. The Labute approximate surface area is 103 Å². The zero-order valence-corrected chi connectivity index (χ0v) is 10.7. The lowest BCUT2D eigenvalue weighted by Gasteiger charge is -2.24. The van der Waals surface area contributed by atoms with Crippen molar-refractivity contribution in [2.45, 2.75) is 19.4 Å². The van der Waals surface area contributed by atoms with Crippen molar-refractivity contribution in [1.29, 1.82) is 0 Å². The number of nitrogens with zero attached hydrogens (tertiary/aromatic N) is 1. The second-order valence-corrected chi connectivity index (χ2v) is 4.15. The molecule has 0 bridgehead atoms. The molecule has 1 aromatic rings. The van der Waals surface area contributed by atoms with Crippen LogP contribution in [0.3, 0.4) is 0 Å². The van der Waals surface area contributed by atoms with E-state index in [1.807, 2.05) is 56.3 Å². The van der Waals surface area contributed by atoms with Crippen molar-refractivity contribution >= 4 is 5.78 Å². The van der Waals surface area contributed by atoms with E-state index in [-0.39, 0.29) is 11.8 Å². The summed E-state index contributed by atoms with van der Waals surface area (Å²) in [6.07, 6.45) is 0.507. The third kappa shape index (κ3) is 3.63. The molecule has 92 valence electrons. The highest BCUT2D eigenvalue weighted by atomic mass is 16.1. The topological polar surface area (TPSA) is 32.3 Å². The van der Waals surface area contributed by atoms with Gasteiger partial charge in [-0.1, -0.05) is 43.8 Å². The summed E-state index contributed by atoms with van der Waals surface area (Å²) in [6, 6.07) is 9.41. The maximum Gasteiger partial charge on any atom is 0.159 e. The van der Waals surface area contributed by atoms with Gasteiger partial charge in [-0.3, -0.25) is 4.79 Å². The second-order valence-electron chi connectivity index (χ2n) is 4.15. The van der Waals surface area contributed by atoms with Crippen LogP contribution in [0.25, 0.3) is 0 Å². The number of rotatable bonds is 6. The first-order valence-corrected chi connectivity index (χ1v) is 5.76. The number of Topliss-reactive ketones (excluding diaryl/α,β-unsaturated/α-hetero) is 1. The van der Waals surface area contributed by atoms with E-state index in [0.717, 1.165) is 11.4 Å². The van der Waals surface area contributed by atoms with Gasteiger partial charge in [-0.05, 0) is 5.56 Å². The van der Waals surface area contributed by atoms with Gasteiger partial charge in [0.1, 0.15) is 6.04 Å². The predicted molar refractivity (Wildman–Crippen MR) is 70.4 cm³/mol. The molecule has 0 aliphatic carbocycles. The van der Waals surface area contributed by atoms with Gasteiger partial charge in [-0.15, -0.1) is 0 Å². The zero-order chi connectivity index (χ0) is 12.8. The molecule has 17 heavy (non-hydrogen) atoms. The standard InChI is InChI=1S/C14H20N2O/c1-5-13(17)14(15-11(2)16(3)4)12-9-7-6-8-10-12/h6-10,14-15H,2,5H2,1,3-4H3/t14-/m1/s1. The van der Waals surface area contributed by atoms with Crippen LogP contribution in [-0.2, 0) is 4.79 Å². The highest BCUT2D eigenvalue weighted by Gasteiger charge is 2.19. The van der Waals surface area contributed by atoms with E-state index in [1.54, 1.807) is 0 Å². The first-order valence-electron chi connectivity index (χ1n) is 5.76. The molecule has 1 aromatic carbocycles. The van der Waals surface area contributed by atoms with Gasteiger partial charge in [0.15, 0.2) is 5.78 Å². The van der Waals surface area contributed by atoms with E-state index in [9.17, 15) is 4.79 Å². The van der Waals surface area contributed by atoms with Crippen molar-refractivity contribution in [3.8, 4) is 0 Å². The van der Waals surface area contributed by atoms with Gasteiger partial charge in [-0.2, -0.15) is 0 Å². The molecule has 0 unspecified atom stereocenters. The Hall–Kier alpha value is -1.77. The van der Waals surface area contributed by atoms with Crippen LogP contribution in [0.2, 0.25) is 0 Å². The third-order valence-corrected chi connectivity index (χ3v) is 2.65. The molecule has 3 heteroatoms. The first-order chi connectivity index (χ1) is 8.06. The summed E-state index contributed by atoms with van der Waals surface area (Å²) in [6.45, 7) is 5.77. The number of carbonyl (C=O) groups excluding carboxylic acids is 1. The first kappa shape index (κ1) is 13.3. The van der Waals surface area contributed by atoms with Crippen LogP contribution < -0.4 is 5.32 Å². The number of carbonyl (C=O) groups is 1. The Morgan fingerprint density at radius 1 is 1.35 bits per heavy atom. The maximum atomic E-state index is 11.9. The van der Waals surface area contributed by atoms with Gasteiger partial charge in [0.2, 0.25) is 0 Å². The third-order valence-electron chi connectivity index (χ3n) is 2.65. The molecule has 1 atom stereocenters. The second kappa shape index (κ2) is 6.09. The van der Waals surface area contributed by atoms with Crippen molar-refractivity contribution in [3.05, 3.63) is 48.3 Å². The van der Waals surface area contributed by atoms with Crippen molar-refractivity contribution < 1.29 is 4.79 Å². The molecule has 0 saturated heterocycles. The van der Waals surface area contributed by atoms with Crippen LogP contribution in [0.4, 0.5) is 0 Å². The van der Waals surface area contributed by atoms with Gasteiger partial charge in [0.25, 0.3) is 0 Å². The molecular formula is C14H20N2O. The molecule has 0 aliphatic heterocycles. The van der Waals surface area contributed by atoms with Gasteiger partial charge in [0.05, 0.1) is 5.82 Å². The van der Waals surface area contributed by atoms with E-state index in [0.29, 0.717) is 6.42 Å². The fourth-order valence-electron chi connectivity index (χ4n) is 1.50. The Bertz CT molecular complexity index is 384. The van der Waals surface area contributed by atoms with Crippen molar-refractivity contribution in [2.75, 3.05) is 14.1 Å². The van der Waals surface area contributed by atoms with Crippen LogP contribution in [0, 0.1) is 0 Å². The van der Waals surface area contributed by atoms with Gasteiger partial charge < -0.3 is 10.2 Å². The lowest BCUT2D eigenvalue weighted by atomic mass is 10.0. The normalized spacial score (nSPS) is 11.7. The van der Waals surface area contributed by atoms with Crippen LogP contribution in [-0.4, -0.2) is 24.8 Å². The van der Waals surface area contributed by atoms with Crippen molar-refractivity contribution in [2.24, 2.45) is 0 Å². The minimum absolute atomic E-state index is 0.166. The van der Waals surface area contributed by atoms with Gasteiger partial charge >= 0.3 is 0 Å². The molecule has 0 saturated carbocycles. The summed E-state index contributed by atoms with van der Waals surface area (Å²) in [5, 5.41) is 3.17. The van der Waals surface area contributed by atoms with E-state index in [4.69, 9.17) is 0 Å². The average molecular weight is 232 g/mol. The molecule has 0 spiro atoms. The van der Waals surface area contributed by atoms with Crippen LogP contribution in [0.15, 0.2) is 42.7 Å². The van der Waals surface area contributed by atoms with E-state index in [2.05, 4.69) is 11.9 Å². The monoisotopic (exact) mass is 232 g/mol. The lowest BCUT2D eigenvalue weighted by Crippen LogP contribution is -2.32. The molecule has 1 N–H and O–H groups in total. The van der Waals surface area contributed by atoms with Crippen molar-refractivity contribution in [3.63, 3.8) is 0 Å². The van der Waals surface area contributed by atoms with Gasteiger partial charge in [-0.25, -0.2) is 0 Å². The summed E-state index contributed by atoms with van der Waals surface area (Å²) < 4.78 is 0. The van der Waals surface area contributed by atoms with Gasteiger partial charge in [0, 0.05) is 20.5 Å². The van der Waals surface area contributed by atoms with E-state index >= 15 is 0 Å². The quantitative estimate of drug-likeness (QED) is 0.817. The summed E-state index contributed by atoms with van der Waals surface area (Å²) in [4.78, 5) is 13.8. The summed E-state index contributed by atoms with van der Waals surface area (Å²) in [5.74, 6) is 0.903. The fraction of sp³-hybridized carbons (Fsp3) is 0.357. The fourth-order valence-corrected chi connectivity index (χ4v) is 1.50. The summed E-state index contributed by atoms with van der Waals surface area (Å²) in [5.41, 5.74) is 0.974. The van der Waals surface area contributed by atoms with Crippen LogP contribution in [0.5, 0.6) is 0 Å². The molecular weight excluding hydrogens is 212 g/mol. The largest absolute Gasteiger partial charge is 0.365 e. The maximum absolute atomic E-state index is 11.9. The number of benzene rings is 1. The summed E-state index contributed by atoms with van der Waals surface area (Å²) >= 11 is 0. The van der Waals surface area contributed by atoms with Crippen LogP contribution in [0.1, 0.15) is 24.9 Å². The molecule has 0 aliphatic rings. The minimum Gasteiger partial charge on any atom is -0.365 e. The Balaban J connectivity index is 2.90. The Morgan fingerprint density at radius 2 is 1.94 bits per heavy atom. The minimum atomic E-state index is -0.309.